The lowest BCUT2D eigenvalue weighted by Crippen LogP contribution is -2.47. The maximum atomic E-state index is 13.3. The van der Waals surface area contributed by atoms with Crippen LogP contribution in [0.1, 0.15) is 38.3 Å². The first-order valence-corrected chi connectivity index (χ1v) is 9.55. The first-order chi connectivity index (χ1) is 12.2. The van der Waals surface area contributed by atoms with E-state index >= 15 is 0 Å². The highest BCUT2D eigenvalue weighted by Crippen LogP contribution is 2.29. The number of hydrogen-bond donors (Lipinski definition) is 0. The summed E-state index contributed by atoms with van der Waals surface area (Å²) < 4.78 is 11.3. The molecule has 2 aliphatic heterocycles. The quantitative estimate of drug-likeness (QED) is 0.794. The van der Waals surface area contributed by atoms with Crippen molar-refractivity contribution in [3.05, 3.63) is 35.9 Å². The second-order valence-electron chi connectivity index (χ2n) is 6.81. The van der Waals surface area contributed by atoms with E-state index in [4.69, 9.17) is 9.47 Å². The Kier molecular flexibility index (Phi) is 6.45. The van der Waals surface area contributed by atoms with Gasteiger partial charge in [0.25, 0.3) is 0 Å². The van der Waals surface area contributed by atoms with Crippen LogP contribution in [0.5, 0.6) is 0 Å². The van der Waals surface area contributed by atoms with E-state index in [0.29, 0.717) is 19.1 Å². The maximum absolute atomic E-state index is 13.3. The summed E-state index contributed by atoms with van der Waals surface area (Å²) in [6, 6.07) is 9.97. The average molecular weight is 346 g/mol. The minimum absolute atomic E-state index is 0.0649. The fourth-order valence-corrected chi connectivity index (χ4v) is 3.95. The molecule has 0 N–H and O–H groups in total. The van der Waals surface area contributed by atoms with Crippen LogP contribution in [0.2, 0.25) is 0 Å². The van der Waals surface area contributed by atoms with Crippen molar-refractivity contribution >= 4 is 5.91 Å². The Hall–Kier alpha value is -1.43. The molecule has 0 aromatic heterocycles. The number of hydrogen-bond acceptors (Lipinski definition) is 4. The summed E-state index contributed by atoms with van der Waals surface area (Å²) in [5, 5.41) is 0. The third kappa shape index (κ3) is 4.22. The minimum atomic E-state index is -0.188. The Morgan fingerprint density at radius 2 is 1.72 bits per heavy atom. The van der Waals surface area contributed by atoms with Crippen LogP contribution in [0.15, 0.2) is 30.3 Å². The van der Waals surface area contributed by atoms with Crippen LogP contribution < -0.4 is 0 Å². The van der Waals surface area contributed by atoms with Crippen molar-refractivity contribution in [3.63, 3.8) is 0 Å². The third-order valence-electron chi connectivity index (χ3n) is 5.41. The molecule has 138 valence electrons. The van der Waals surface area contributed by atoms with Gasteiger partial charge < -0.3 is 14.4 Å². The summed E-state index contributed by atoms with van der Waals surface area (Å²) in [6.45, 7) is 8.93. The zero-order valence-corrected chi connectivity index (χ0v) is 15.4. The standard InChI is InChI=1S/C20H30N2O3/c1-3-21(4-2)18(16-8-6-5-7-9-16)19(23)22-12-10-17(11-13-22)20-24-14-15-25-20/h5-9,17-18,20H,3-4,10-15H2,1-2H3. The highest BCUT2D eigenvalue weighted by atomic mass is 16.7. The SMILES string of the molecule is CCN(CC)C(C(=O)N1CCC(C2OCCO2)CC1)c1ccccc1. The Morgan fingerprint density at radius 1 is 1.12 bits per heavy atom. The lowest BCUT2D eigenvalue weighted by molar-refractivity contribution is -0.142. The number of carbonyl (C=O) groups is 1. The molecule has 0 spiro atoms. The Bertz CT molecular complexity index is 533. The number of likely N-dealkylation sites (N-methyl/N-ethyl adjacent to an activating group) is 1. The summed E-state index contributed by atoms with van der Waals surface area (Å²) in [6.07, 6.45) is 1.84. The van der Waals surface area contributed by atoms with Gasteiger partial charge >= 0.3 is 0 Å². The molecule has 2 heterocycles. The molecule has 5 heteroatoms. The maximum Gasteiger partial charge on any atom is 0.244 e. The van der Waals surface area contributed by atoms with Gasteiger partial charge in [-0.05, 0) is 31.5 Å². The van der Waals surface area contributed by atoms with Crippen LogP contribution in [0.4, 0.5) is 0 Å². The van der Waals surface area contributed by atoms with Crippen LogP contribution in [-0.2, 0) is 14.3 Å². The molecule has 1 aromatic carbocycles. The van der Waals surface area contributed by atoms with E-state index in [1.54, 1.807) is 0 Å². The predicted molar refractivity (Wildman–Crippen MR) is 97.1 cm³/mol. The number of ether oxygens (including phenoxy) is 2. The van der Waals surface area contributed by atoms with Crippen molar-refractivity contribution in [1.82, 2.24) is 9.80 Å². The third-order valence-corrected chi connectivity index (χ3v) is 5.41. The van der Waals surface area contributed by atoms with E-state index in [1.807, 2.05) is 23.1 Å². The van der Waals surface area contributed by atoms with E-state index in [1.165, 1.54) is 0 Å². The summed E-state index contributed by atoms with van der Waals surface area (Å²) in [5.41, 5.74) is 1.08. The molecular formula is C20H30N2O3. The van der Waals surface area contributed by atoms with Gasteiger partial charge in [-0.1, -0.05) is 44.2 Å². The van der Waals surface area contributed by atoms with Gasteiger partial charge in [-0.25, -0.2) is 0 Å². The zero-order chi connectivity index (χ0) is 17.6. The van der Waals surface area contributed by atoms with Gasteiger partial charge in [-0.15, -0.1) is 0 Å². The fourth-order valence-electron chi connectivity index (χ4n) is 3.95. The molecule has 1 unspecified atom stereocenters. The summed E-state index contributed by atoms with van der Waals surface area (Å²) in [4.78, 5) is 17.6. The van der Waals surface area contributed by atoms with Crippen molar-refractivity contribution in [1.29, 1.82) is 0 Å². The molecule has 0 bridgehead atoms. The number of piperidine rings is 1. The highest BCUT2D eigenvalue weighted by molar-refractivity contribution is 5.83. The van der Waals surface area contributed by atoms with E-state index in [9.17, 15) is 4.79 Å². The van der Waals surface area contributed by atoms with Gasteiger partial charge in [0, 0.05) is 19.0 Å². The second kappa shape index (κ2) is 8.79. The van der Waals surface area contributed by atoms with Crippen LogP contribution in [0, 0.1) is 5.92 Å². The van der Waals surface area contributed by atoms with Crippen molar-refractivity contribution in [2.75, 3.05) is 39.4 Å². The van der Waals surface area contributed by atoms with Crippen LogP contribution in [0.3, 0.4) is 0 Å². The second-order valence-corrected chi connectivity index (χ2v) is 6.81. The summed E-state index contributed by atoms with van der Waals surface area (Å²) in [5.74, 6) is 0.636. The summed E-state index contributed by atoms with van der Waals surface area (Å²) >= 11 is 0. The number of benzene rings is 1. The smallest absolute Gasteiger partial charge is 0.244 e. The Labute approximate surface area is 150 Å². The molecule has 3 rings (SSSR count). The largest absolute Gasteiger partial charge is 0.350 e. The van der Waals surface area contributed by atoms with Gasteiger partial charge in [-0.2, -0.15) is 0 Å². The topological polar surface area (TPSA) is 42.0 Å². The van der Waals surface area contributed by atoms with Gasteiger partial charge in [0.05, 0.1) is 13.2 Å². The first kappa shape index (κ1) is 18.4. The number of nitrogens with zero attached hydrogens (tertiary/aromatic N) is 2. The molecule has 1 amide bonds. The zero-order valence-electron chi connectivity index (χ0n) is 15.4. The molecule has 2 saturated heterocycles. The number of likely N-dealkylation sites (tertiary alicyclic amines) is 1. The van der Waals surface area contributed by atoms with Crippen LogP contribution in [0.25, 0.3) is 0 Å². The highest BCUT2D eigenvalue weighted by Gasteiger charge is 2.35. The molecule has 0 radical (unpaired) electrons. The van der Waals surface area contributed by atoms with E-state index in [0.717, 1.165) is 44.6 Å². The van der Waals surface area contributed by atoms with Crippen LogP contribution in [-0.4, -0.2) is 61.4 Å². The molecule has 5 nitrogen and oxygen atoms in total. The number of carbonyl (C=O) groups excluding carboxylic acids is 1. The fraction of sp³-hybridized carbons (Fsp3) is 0.650. The molecule has 0 aliphatic carbocycles. The lowest BCUT2D eigenvalue weighted by atomic mass is 9.94. The molecule has 2 fully saturated rings. The summed E-state index contributed by atoms with van der Waals surface area (Å²) in [7, 11) is 0. The van der Waals surface area contributed by atoms with Crippen molar-refractivity contribution in [2.45, 2.75) is 39.0 Å². The Balaban J connectivity index is 1.68. The monoisotopic (exact) mass is 346 g/mol. The number of amides is 1. The molecule has 1 atom stereocenters. The minimum Gasteiger partial charge on any atom is -0.350 e. The predicted octanol–water partition coefficient (Wildman–Crippen LogP) is 2.68. The van der Waals surface area contributed by atoms with Gasteiger partial charge in [0.1, 0.15) is 6.04 Å². The van der Waals surface area contributed by atoms with E-state index in [-0.39, 0.29) is 18.2 Å². The molecule has 25 heavy (non-hydrogen) atoms. The van der Waals surface area contributed by atoms with E-state index < -0.39 is 0 Å². The molecular weight excluding hydrogens is 316 g/mol. The average Bonchev–Trinajstić information content (AvgIpc) is 3.21. The molecule has 1 aromatic rings. The number of rotatable bonds is 6. The van der Waals surface area contributed by atoms with Crippen molar-refractivity contribution in [2.24, 2.45) is 5.92 Å². The Morgan fingerprint density at radius 3 is 2.28 bits per heavy atom. The van der Waals surface area contributed by atoms with Crippen molar-refractivity contribution in [3.8, 4) is 0 Å². The first-order valence-electron chi connectivity index (χ1n) is 9.55. The van der Waals surface area contributed by atoms with Gasteiger partial charge in [0.15, 0.2) is 6.29 Å². The van der Waals surface area contributed by atoms with Gasteiger partial charge in [0.2, 0.25) is 5.91 Å². The van der Waals surface area contributed by atoms with E-state index in [2.05, 4.69) is 30.9 Å². The lowest BCUT2D eigenvalue weighted by Gasteiger charge is -2.38. The van der Waals surface area contributed by atoms with Crippen molar-refractivity contribution < 1.29 is 14.3 Å². The van der Waals surface area contributed by atoms with Gasteiger partial charge in [-0.3, -0.25) is 9.69 Å². The molecule has 0 saturated carbocycles. The normalized spacial score (nSPS) is 21.0. The molecule has 2 aliphatic rings. The van der Waals surface area contributed by atoms with Crippen LogP contribution >= 0.6 is 0 Å².